The minimum Gasteiger partial charge on any atom is -0.339 e. The molecule has 4 rings (SSSR count). The summed E-state index contributed by atoms with van der Waals surface area (Å²) < 4.78 is 13.2. The first kappa shape index (κ1) is 20.3. The Labute approximate surface area is 174 Å². The van der Waals surface area contributed by atoms with E-state index in [1.54, 1.807) is 9.80 Å². The predicted octanol–water partition coefficient (Wildman–Crippen LogP) is 1.06. The van der Waals surface area contributed by atoms with Crippen molar-refractivity contribution in [2.24, 2.45) is 5.92 Å². The van der Waals surface area contributed by atoms with Crippen LogP contribution in [0.25, 0.3) is 0 Å². The van der Waals surface area contributed by atoms with E-state index in [1.807, 2.05) is 0 Å². The second-order valence-electron chi connectivity index (χ2n) is 8.29. The van der Waals surface area contributed by atoms with Crippen molar-refractivity contribution in [3.63, 3.8) is 0 Å². The highest BCUT2D eigenvalue weighted by atomic mass is 19.1. The molecule has 160 valence electrons. The highest BCUT2D eigenvalue weighted by molar-refractivity contribution is 6.09. The predicted molar refractivity (Wildman–Crippen MR) is 104 cm³/mol. The lowest BCUT2D eigenvalue weighted by molar-refractivity contribution is -0.145. The number of urea groups is 1. The van der Waals surface area contributed by atoms with Crippen LogP contribution in [0.3, 0.4) is 0 Å². The van der Waals surface area contributed by atoms with Gasteiger partial charge in [0.2, 0.25) is 11.8 Å². The number of carbonyl (C=O) groups excluding carboxylic acids is 4. The van der Waals surface area contributed by atoms with Crippen LogP contribution in [0.4, 0.5) is 9.18 Å². The fourth-order valence-corrected chi connectivity index (χ4v) is 4.14. The first-order valence-electron chi connectivity index (χ1n) is 10.3. The maximum absolute atomic E-state index is 13.2. The van der Waals surface area contributed by atoms with Crippen LogP contribution in [0.2, 0.25) is 0 Å². The summed E-state index contributed by atoms with van der Waals surface area (Å²) in [6.07, 6.45) is 2.98. The fraction of sp³-hybridized carbons (Fsp3) is 0.524. The van der Waals surface area contributed by atoms with Crippen LogP contribution in [-0.2, 0) is 19.9 Å². The van der Waals surface area contributed by atoms with Gasteiger partial charge in [-0.15, -0.1) is 0 Å². The summed E-state index contributed by atoms with van der Waals surface area (Å²) >= 11 is 0. The van der Waals surface area contributed by atoms with E-state index in [9.17, 15) is 23.6 Å². The second-order valence-corrected chi connectivity index (χ2v) is 8.29. The molecule has 0 bridgehead atoms. The van der Waals surface area contributed by atoms with Crippen molar-refractivity contribution in [2.45, 2.75) is 31.7 Å². The van der Waals surface area contributed by atoms with Gasteiger partial charge >= 0.3 is 6.03 Å². The smallest absolute Gasteiger partial charge is 0.325 e. The van der Waals surface area contributed by atoms with Crippen LogP contribution >= 0.6 is 0 Å². The molecule has 1 atom stereocenters. The largest absolute Gasteiger partial charge is 0.339 e. The number of benzene rings is 1. The van der Waals surface area contributed by atoms with Gasteiger partial charge in [0.05, 0.1) is 0 Å². The maximum Gasteiger partial charge on any atom is 0.325 e. The van der Waals surface area contributed by atoms with Crippen LogP contribution in [-0.4, -0.2) is 71.2 Å². The topological polar surface area (TPSA) is 90.0 Å². The molecule has 1 aliphatic carbocycles. The van der Waals surface area contributed by atoms with Crippen molar-refractivity contribution < 1.29 is 23.6 Å². The highest BCUT2D eigenvalue weighted by Gasteiger charge is 2.49. The van der Waals surface area contributed by atoms with E-state index < -0.39 is 23.3 Å². The zero-order valence-electron chi connectivity index (χ0n) is 16.9. The van der Waals surface area contributed by atoms with Crippen LogP contribution in [0.1, 0.15) is 31.7 Å². The van der Waals surface area contributed by atoms with Crippen molar-refractivity contribution in [1.29, 1.82) is 0 Å². The quantitative estimate of drug-likeness (QED) is 0.744. The number of hydrogen-bond acceptors (Lipinski definition) is 4. The number of carbonyl (C=O) groups is 4. The van der Waals surface area contributed by atoms with Gasteiger partial charge in [-0.1, -0.05) is 18.6 Å². The number of hydrogen-bond donors (Lipinski definition) is 1. The molecule has 8 nitrogen and oxygen atoms in total. The number of nitrogens with zero attached hydrogens (tertiary/aromatic N) is 3. The van der Waals surface area contributed by atoms with Crippen molar-refractivity contribution in [1.82, 2.24) is 20.0 Å². The first-order chi connectivity index (χ1) is 14.3. The lowest BCUT2D eigenvalue weighted by Gasteiger charge is -2.38. The third-order valence-electron chi connectivity index (χ3n) is 6.39. The van der Waals surface area contributed by atoms with Gasteiger partial charge in [-0.25, -0.2) is 9.18 Å². The van der Waals surface area contributed by atoms with E-state index in [-0.39, 0.29) is 24.3 Å². The van der Waals surface area contributed by atoms with Gasteiger partial charge < -0.3 is 15.1 Å². The number of piperazine rings is 1. The molecule has 5 amide bonds. The average molecular weight is 416 g/mol. The Morgan fingerprint density at radius 3 is 2.23 bits per heavy atom. The van der Waals surface area contributed by atoms with Crippen molar-refractivity contribution in [2.75, 3.05) is 32.7 Å². The third kappa shape index (κ3) is 3.53. The SMILES string of the molecule is CC1(c2ccc(F)cc2)NC(=O)N(CC(=O)N2CCN(C(=O)C3CCC3)CC2)C1=O. The molecule has 2 heterocycles. The minimum absolute atomic E-state index is 0.127. The number of nitrogens with one attached hydrogen (secondary N) is 1. The molecular weight excluding hydrogens is 391 g/mol. The van der Waals surface area contributed by atoms with E-state index in [0.717, 1.165) is 24.2 Å². The zero-order chi connectivity index (χ0) is 21.5. The number of rotatable bonds is 4. The van der Waals surface area contributed by atoms with Gasteiger partial charge in [0.15, 0.2) is 0 Å². The Morgan fingerprint density at radius 2 is 1.67 bits per heavy atom. The molecule has 1 unspecified atom stereocenters. The lowest BCUT2D eigenvalue weighted by atomic mass is 9.84. The molecule has 2 saturated heterocycles. The van der Waals surface area contributed by atoms with Crippen molar-refractivity contribution >= 4 is 23.8 Å². The molecule has 1 N–H and O–H groups in total. The van der Waals surface area contributed by atoms with Gasteiger partial charge in [-0.2, -0.15) is 0 Å². The van der Waals surface area contributed by atoms with Gasteiger partial charge in [0.25, 0.3) is 5.91 Å². The Kier molecular flexibility index (Phi) is 5.21. The molecule has 0 aromatic heterocycles. The summed E-state index contributed by atoms with van der Waals surface area (Å²) in [5.41, 5.74) is -0.904. The number of amides is 5. The summed E-state index contributed by atoms with van der Waals surface area (Å²) in [5.74, 6) is -1.04. The molecule has 2 aliphatic heterocycles. The molecule has 3 fully saturated rings. The Bertz CT molecular complexity index is 877. The van der Waals surface area contributed by atoms with Gasteiger partial charge in [-0.05, 0) is 37.5 Å². The molecule has 0 radical (unpaired) electrons. The standard InChI is InChI=1S/C21H25FN4O4/c1-21(15-5-7-16(22)8-6-15)19(29)26(20(30)23-21)13-17(27)24-9-11-25(12-10-24)18(28)14-3-2-4-14/h5-8,14H,2-4,9-13H2,1H3,(H,23,30). The molecule has 1 saturated carbocycles. The third-order valence-corrected chi connectivity index (χ3v) is 6.39. The van der Waals surface area contributed by atoms with E-state index in [2.05, 4.69) is 5.32 Å². The summed E-state index contributed by atoms with van der Waals surface area (Å²) in [6, 6.07) is 4.67. The fourth-order valence-electron chi connectivity index (χ4n) is 4.14. The molecule has 3 aliphatic rings. The van der Waals surface area contributed by atoms with Crippen LogP contribution in [0, 0.1) is 11.7 Å². The molecule has 1 aromatic carbocycles. The van der Waals surface area contributed by atoms with Gasteiger partial charge in [0.1, 0.15) is 17.9 Å². The molecule has 9 heteroatoms. The first-order valence-corrected chi connectivity index (χ1v) is 10.3. The second kappa shape index (κ2) is 7.70. The monoisotopic (exact) mass is 416 g/mol. The van der Waals surface area contributed by atoms with Gasteiger partial charge in [0, 0.05) is 32.1 Å². The van der Waals surface area contributed by atoms with Crippen LogP contribution < -0.4 is 5.32 Å². The van der Waals surface area contributed by atoms with E-state index in [1.165, 1.54) is 31.2 Å². The molecular formula is C21H25FN4O4. The van der Waals surface area contributed by atoms with E-state index in [0.29, 0.717) is 31.7 Å². The highest BCUT2D eigenvalue weighted by Crippen LogP contribution is 2.30. The lowest BCUT2D eigenvalue weighted by Crippen LogP contribution is -2.54. The molecule has 30 heavy (non-hydrogen) atoms. The Morgan fingerprint density at radius 1 is 1.07 bits per heavy atom. The Balaban J connectivity index is 1.36. The van der Waals surface area contributed by atoms with E-state index >= 15 is 0 Å². The molecule has 1 aromatic rings. The average Bonchev–Trinajstić information content (AvgIpc) is 2.91. The Hall–Kier alpha value is -2.97. The normalized spacial score (nSPS) is 24.7. The van der Waals surface area contributed by atoms with Crippen LogP contribution in [0.5, 0.6) is 0 Å². The zero-order valence-corrected chi connectivity index (χ0v) is 16.9. The number of halogens is 1. The van der Waals surface area contributed by atoms with Crippen molar-refractivity contribution in [3.05, 3.63) is 35.6 Å². The summed E-state index contributed by atoms with van der Waals surface area (Å²) in [4.78, 5) is 54.7. The van der Waals surface area contributed by atoms with E-state index in [4.69, 9.17) is 0 Å². The maximum atomic E-state index is 13.2. The summed E-state index contributed by atoms with van der Waals surface area (Å²) in [6.45, 7) is 2.88. The minimum atomic E-state index is -1.35. The van der Waals surface area contributed by atoms with Crippen molar-refractivity contribution in [3.8, 4) is 0 Å². The van der Waals surface area contributed by atoms with Crippen LogP contribution in [0.15, 0.2) is 24.3 Å². The number of imide groups is 1. The summed E-state index contributed by atoms with van der Waals surface area (Å²) in [7, 11) is 0. The molecule has 0 spiro atoms. The summed E-state index contributed by atoms with van der Waals surface area (Å²) in [5, 5.41) is 2.61. The van der Waals surface area contributed by atoms with Gasteiger partial charge in [-0.3, -0.25) is 19.3 Å².